The molecule has 0 radical (unpaired) electrons. The van der Waals surface area contributed by atoms with Crippen molar-refractivity contribution in [3.63, 3.8) is 0 Å². The summed E-state index contributed by atoms with van der Waals surface area (Å²) in [4.78, 5) is 8.70. The molecular weight excluding hydrogens is 424 g/mol. The van der Waals surface area contributed by atoms with Crippen molar-refractivity contribution in [2.75, 3.05) is 0 Å². The summed E-state index contributed by atoms with van der Waals surface area (Å²) >= 11 is 8.28. The fourth-order valence-electron chi connectivity index (χ4n) is 2.49. The molecule has 0 atom stereocenters. The SMILES string of the molecule is Cl.NC1CCC(Oc2nc(Cl)cc3ncc(I)cc23)CC1. The highest BCUT2D eigenvalue weighted by Gasteiger charge is 2.21. The van der Waals surface area contributed by atoms with Crippen LogP contribution in [0.25, 0.3) is 10.9 Å². The van der Waals surface area contributed by atoms with Gasteiger partial charge < -0.3 is 10.5 Å². The number of nitrogens with zero attached hydrogens (tertiary/aromatic N) is 2. The van der Waals surface area contributed by atoms with E-state index in [2.05, 4.69) is 32.6 Å². The molecule has 1 fully saturated rings. The standard InChI is InChI=1S/C14H15ClIN3O.ClH/c15-13-6-12-11(5-8(16)7-18-12)14(19-13)20-10-3-1-9(17)2-4-10;/h5-7,9-10H,1-4,17H2;1H. The number of nitrogens with two attached hydrogens (primary N) is 1. The first-order chi connectivity index (χ1) is 9.61. The van der Waals surface area contributed by atoms with Crippen molar-refractivity contribution in [3.8, 4) is 5.88 Å². The molecular formula is C14H16Cl2IN3O. The third-order valence-corrected chi connectivity index (χ3v) is 4.36. The van der Waals surface area contributed by atoms with Gasteiger partial charge in [0.2, 0.25) is 5.88 Å². The van der Waals surface area contributed by atoms with Gasteiger partial charge in [0.05, 0.1) is 10.9 Å². The lowest BCUT2D eigenvalue weighted by atomic mass is 9.94. The van der Waals surface area contributed by atoms with E-state index in [0.29, 0.717) is 17.1 Å². The number of ether oxygens (including phenoxy) is 1. The Bertz CT molecular complexity index is 633. The van der Waals surface area contributed by atoms with Crippen LogP contribution in [0.3, 0.4) is 0 Å². The Morgan fingerprint density at radius 1 is 1.24 bits per heavy atom. The molecule has 4 nitrogen and oxygen atoms in total. The summed E-state index contributed by atoms with van der Waals surface area (Å²) in [6.07, 6.45) is 5.91. The molecule has 0 amide bonds. The van der Waals surface area contributed by atoms with Gasteiger partial charge in [0.25, 0.3) is 0 Å². The number of pyridine rings is 2. The highest BCUT2D eigenvalue weighted by molar-refractivity contribution is 14.1. The lowest BCUT2D eigenvalue weighted by molar-refractivity contribution is 0.143. The fraction of sp³-hybridized carbons (Fsp3) is 0.429. The molecule has 1 saturated carbocycles. The van der Waals surface area contributed by atoms with Gasteiger partial charge in [-0.1, -0.05) is 11.6 Å². The highest BCUT2D eigenvalue weighted by atomic mass is 127. The zero-order chi connectivity index (χ0) is 14.1. The Labute approximate surface area is 148 Å². The summed E-state index contributed by atoms with van der Waals surface area (Å²) < 4.78 is 7.11. The molecule has 0 saturated heterocycles. The predicted molar refractivity (Wildman–Crippen MR) is 95.4 cm³/mol. The summed E-state index contributed by atoms with van der Waals surface area (Å²) in [6.45, 7) is 0. The van der Waals surface area contributed by atoms with Crippen LogP contribution in [0.5, 0.6) is 5.88 Å². The van der Waals surface area contributed by atoms with E-state index < -0.39 is 0 Å². The summed E-state index contributed by atoms with van der Waals surface area (Å²) in [5, 5.41) is 1.32. The zero-order valence-electron chi connectivity index (χ0n) is 11.3. The van der Waals surface area contributed by atoms with Crippen LogP contribution in [-0.2, 0) is 0 Å². The minimum atomic E-state index is 0. The van der Waals surface area contributed by atoms with E-state index in [1.807, 2.05) is 12.3 Å². The van der Waals surface area contributed by atoms with Crippen LogP contribution >= 0.6 is 46.6 Å². The maximum absolute atomic E-state index is 6.06. The van der Waals surface area contributed by atoms with Gasteiger partial charge in [-0.3, -0.25) is 4.98 Å². The maximum atomic E-state index is 6.06. The summed E-state index contributed by atoms with van der Waals surface area (Å²) in [5.41, 5.74) is 6.73. The quantitative estimate of drug-likeness (QED) is 0.568. The first kappa shape index (κ1) is 17.0. The van der Waals surface area contributed by atoms with Gasteiger partial charge in [-0.15, -0.1) is 12.4 Å². The van der Waals surface area contributed by atoms with Crippen molar-refractivity contribution in [1.82, 2.24) is 9.97 Å². The van der Waals surface area contributed by atoms with Gasteiger partial charge in [-0.05, 0) is 54.3 Å². The molecule has 2 heterocycles. The highest BCUT2D eigenvalue weighted by Crippen LogP contribution is 2.30. The average molecular weight is 440 g/mol. The largest absolute Gasteiger partial charge is 0.474 e. The lowest BCUT2D eigenvalue weighted by Crippen LogP contribution is -2.31. The molecule has 3 rings (SSSR count). The third kappa shape index (κ3) is 4.09. The first-order valence-corrected chi connectivity index (χ1v) is 8.11. The second-order valence-electron chi connectivity index (χ2n) is 5.12. The van der Waals surface area contributed by atoms with Crippen LogP contribution in [0.15, 0.2) is 18.3 Å². The van der Waals surface area contributed by atoms with Crippen molar-refractivity contribution in [3.05, 3.63) is 27.1 Å². The van der Waals surface area contributed by atoms with Crippen LogP contribution in [0.4, 0.5) is 0 Å². The van der Waals surface area contributed by atoms with E-state index in [4.69, 9.17) is 22.1 Å². The second kappa shape index (κ2) is 7.26. The smallest absolute Gasteiger partial charge is 0.224 e. The van der Waals surface area contributed by atoms with Gasteiger partial charge >= 0.3 is 0 Å². The van der Waals surface area contributed by atoms with E-state index >= 15 is 0 Å². The van der Waals surface area contributed by atoms with Crippen molar-refractivity contribution in [1.29, 1.82) is 0 Å². The second-order valence-corrected chi connectivity index (χ2v) is 6.76. The normalized spacial score (nSPS) is 21.9. The molecule has 0 spiro atoms. The summed E-state index contributed by atoms with van der Waals surface area (Å²) in [5.74, 6) is 0.582. The molecule has 0 unspecified atom stereocenters. The van der Waals surface area contributed by atoms with Crippen LogP contribution in [0.2, 0.25) is 5.15 Å². The predicted octanol–water partition coefficient (Wildman–Crippen LogP) is 3.96. The molecule has 2 N–H and O–H groups in total. The van der Waals surface area contributed by atoms with E-state index in [1.54, 1.807) is 6.07 Å². The lowest BCUT2D eigenvalue weighted by Gasteiger charge is -2.26. The average Bonchev–Trinajstić information content (AvgIpc) is 2.42. The third-order valence-electron chi connectivity index (χ3n) is 3.58. The maximum Gasteiger partial charge on any atom is 0.224 e. The number of aromatic nitrogens is 2. The van der Waals surface area contributed by atoms with Gasteiger partial charge in [-0.2, -0.15) is 0 Å². The Hall–Kier alpha value is -0.370. The van der Waals surface area contributed by atoms with E-state index in [1.165, 1.54) is 0 Å². The molecule has 2 aromatic rings. The topological polar surface area (TPSA) is 61.0 Å². The molecule has 2 aromatic heterocycles. The van der Waals surface area contributed by atoms with Crippen molar-refractivity contribution >= 4 is 57.5 Å². The summed E-state index contributed by atoms with van der Waals surface area (Å²) in [6, 6.07) is 4.09. The molecule has 0 aromatic carbocycles. The van der Waals surface area contributed by atoms with Crippen molar-refractivity contribution < 1.29 is 4.74 Å². The Morgan fingerprint density at radius 3 is 2.67 bits per heavy atom. The summed E-state index contributed by atoms with van der Waals surface area (Å²) in [7, 11) is 0. The van der Waals surface area contributed by atoms with E-state index in [-0.39, 0.29) is 18.5 Å². The fourth-order valence-corrected chi connectivity index (χ4v) is 3.12. The number of halogens is 3. The van der Waals surface area contributed by atoms with Crippen LogP contribution in [-0.4, -0.2) is 22.1 Å². The van der Waals surface area contributed by atoms with Crippen molar-refractivity contribution in [2.24, 2.45) is 5.73 Å². The molecule has 7 heteroatoms. The zero-order valence-corrected chi connectivity index (χ0v) is 15.0. The minimum Gasteiger partial charge on any atom is -0.474 e. The molecule has 1 aliphatic carbocycles. The Morgan fingerprint density at radius 2 is 1.95 bits per heavy atom. The number of fused-ring (bicyclic) bond motifs is 1. The number of hydrogen-bond donors (Lipinski definition) is 1. The monoisotopic (exact) mass is 439 g/mol. The number of rotatable bonds is 2. The van der Waals surface area contributed by atoms with Crippen LogP contribution < -0.4 is 10.5 Å². The van der Waals surface area contributed by atoms with Crippen LogP contribution in [0, 0.1) is 3.57 Å². The van der Waals surface area contributed by atoms with E-state index in [9.17, 15) is 0 Å². The minimum absolute atomic E-state index is 0. The van der Waals surface area contributed by atoms with Crippen molar-refractivity contribution in [2.45, 2.75) is 37.8 Å². The molecule has 0 bridgehead atoms. The van der Waals surface area contributed by atoms with Crippen LogP contribution in [0.1, 0.15) is 25.7 Å². The molecule has 1 aliphatic rings. The Kier molecular flexibility index (Phi) is 5.88. The van der Waals surface area contributed by atoms with Gasteiger partial charge in [0.1, 0.15) is 11.3 Å². The van der Waals surface area contributed by atoms with Gasteiger partial charge in [0, 0.05) is 21.9 Å². The Balaban J connectivity index is 0.00000161. The van der Waals surface area contributed by atoms with E-state index in [0.717, 1.165) is 40.2 Å². The van der Waals surface area contributed by atoms with Gasteiger partial charge in [-0.25, -0.2) is 4.98 Å². The van der Waals surface area contributed by atoms with Gasteiger partial charge in [0.15, 0.2) is 0 Å². The molecule has 21 heavy (non-hydrogen) atoms. The first-order valence-electron chi connectivity index (χ1n) is 6.66. The molecule has 114 valence electrons. The molecule has 0 aliphatic heterocycles. The number of hydrogen-bond acceptors (Lipinski definition) is 4.